The second-order valence-corrected chi connectivity index (χ2v) is 4.70. The zero-order chi connectivity index (χ0) is 10.0. The Balaban J connectivity index is 1.56. The zero-order valence-corrected chi connectivity index (χ0v) is 8.58. The summed E-state index contributed by atoms with van der Waals surface area (Å²) >= 11 is 0. The van der Waals surface area contributed by atoms with Crippen LogP contribution in [0.4, 0.5) is 0 Å². The molecule has 14 heavy (non-hydrogen) atoms. The molecule has 78 valence electrons. The summed E-state index contributed by atoms with van der Waals surface area (Å²) in [5.41, 5.74) is -0.338. The minimum Gasteiger partial charge on any atom is -0.387 e. The van der Waals surface area contributed by atoms with E-state index in [-0.39, 0.29) is 5.60 Å². The second kappa shape index (κ2) is 3.88. The van der Waals surface area contributed by atoms with Crippen LogP contribution in [0, 0.1) is 17.2 Å². The summed E-state index contributed by atoms with van der Waals surface area (Å²) in [5.74, 6) is 0.595. The Kier molecular flexibility index (Phi) is 2.76. The van der Waals surface area contributed by atoms with Gasteiger partial charge in [0.1, 0.15) is 0 Å². The molecule has 1 saturated carbocycles. The van der Waals surface area contributed by atoms with Crippen LogP contribution in [0.2, 0.25) is 0 Å². The van der Waals surface area contributed by atoms with Gasteiger partial charge < -0.3 is 5.11 Å². The highest BCUT2D eigenvalue weighted by Gasteiger charge is 2.51. The first-order valence-electron chi connectivity index (χ1n) is 5.56. The molecule has 2 fully saturated rings. The molecular weight excluding hydrogens is 176 g/mol. The van der Waals surface area contributed by atoms with Crippen LogP contribution < -0.4 is 0 Å². The first kappa shape index (κ1) is 9.95. The highest BCUT2D eigenvalue weighted by Crippen LogP contribution is 2.44. The van der Waals surface area contributed by atoms with Crippen molar-refractivity contribution in [1.82, 2.24) is 4.90 Å². The lowest BCUT2D eigenvalue weighted by molar-refractivity contribution is -0.113. The lowest BCUT2D eigenvalue weighted by Crippen LogP contribution is -2.63. The van der Waals surface area contributed by atoms with E-state index >= 15 is 0 Å². The minimum absolute atomic E-state index is 0.338. The van der Waals surface area contributed by atoms with Crippen LogP contribution in [0.1, 0.15) is 32.1 Å². The molecule has 0 aromatic carbocycles. The molecule has 0 unspecified atom stereocenters. The molecule has 3 nitrogen and oxygen atoms in total. The lowest BCUT2D eigenvalue weighted by atomic mass is 9.88. The molecule has 1 heterocycles. The largest absolute Gasteiger partial charge is 0.387 e. The van der Waals surface area contributed by atoms with E-state index in [4.69, 9.17) is 5.26 Å². The molecule has 1 aliphatic carbocycles. The van der Waals surface area contributed by atoms with E-state index in [2.05, 4.69) is 11.0 Å². The molecule has 1 saturated heterocycles. The maximum absolute atomic E-state index is 10.0. The fourth-order valence-electron chi connectivity index (χ4n) is 2.30. The third-order valence-corrected chi connectivity index (χ3v) is 3.35. The van der Waals surface area contributed by atoms with Crippen molar-refractivity contribution in [3.8, 4) is 6.07 Å². The van der Waals surface area contributed by atoms with Crippen molar-refractivity contribution in [3.05, 3.63) is 0 Å². The molecule has 2 aliphatic rings. The summed E-state index contributed by atoms with van der Waals surface area (Å²) < 4.78 is 0. The molecule has 0 aromatic heterocycles. The Morgan fingerprint density at radius 3 is 2.64 bits per heavy atom. The Labute approximate surface area is 85.3 Å². The minimum atomic E-state index is -0.338. The van der Waals surface area contributed by atoms with Gasteiger partial charge in [-0.15, -0.1) is 0 Å². The first-order valence-corrected chi connectivity index (χ1v) is 5.56. The Hall–Kier alpha value is -0.590. The summed E-state index contributed by atoms with van der Waals surface area (Å²) in [6, 6.07) is 2.15. The first-order chi connectivity index (χ1) is 6.74. The van der Waals surface area contributed by atoms with Crippen LogP contribution in [0.25, 0.3) is 0 Å². The summed E-state index contributed by atoms with van der Waals surface area (Å²) in [6.07, 6.45) is 5.20. The van der Waals surface area contributed by atoms with Gasteiger partial charge in [0.15, 0.2) is 0 Å². The Morgan fingerprint density at radius 1 is 1.36 bits per heavy atom. The SMILES string of the molecule is N#CCCCCN1CC(O)(C2CC2)C1. The molecule has 0 amide bonds. The summed E-state index contributed by atoms with van der Waals surface area (Å²) in [4.78, 5) is 2.30. The Morgan fingerprint density at radius 2 is 2.07 bits per heavy atom. The molecule has 0 radical (unpaired) electrons. The van der Waals surface area contributed by atoms with Gasteiger partial charge in [-0.05, 0) is 38.1 Å². The quantitative estimate of drug-likeness (QED) is 0.667. The normalized spacial score (nSPS) is 25.4. The van der Waals surface area contributed by atoms with Gasteiger partial charge in [0.2, 0.25) is 0 Å². The number of hydrogen-bond donors (Lipinski definition) is 1. The number of hydrogen-bond acceptors (Lipinski definition) is 3. The van der Waals surface area contributed by atoms with E-state index in [0.717, 1.165) is 32.5 Å². The lowest BCUT2D eigenvalue weighted by Gasteiger charge is -2.47. The fourth-order valence-corrected chi connectivity index (χ4v) is 2.30. The maximum atomic E-state index is 10.0. The van der Waals surface area contributed by atoms with Crippen molar-refractivity contribution >= 4 is 0 Å². The zero-order valence-electron chi connectivity index (χ0n) is 8.58. The number of rotatable bonds is 5. The highest BCUT2D eigenvalue weighted by atomic mass is 16.3. The monoisotopic (exact) mass is 194 g/mol. The van der Waals surface area contributed by atoms with Crippen molar-refractivity contribution in [1.29, 1.82) is 5.26 Å². The predicted octanol–water partition coefficient (Wildman–Crippen LogP) is 1.14. The smallest absolute Gasteiger partial charge is 0.0928 e. The van der Waals surface area contributed by atoms with Crippen LogP contribution in [0.3, 0.4) is 0 Å². The molecular formula is C11H18N2O. The summed E-state index contributed by atoms with van der Waals surface area (Å²) in [5, 5.41) is 18.4. The van der Waals surface area contributed by atoms with E-state index in [1.165, 1.54) is 12.8 Å². The van der Waals surface area contributed by atoms with Gasteiger partial charge in [0, 0.05) is 19.5 Å². The topological polar surface area (TPSA) is 47.3 Å². The summed E-state index contributed by atoms with van der Waals surface area (Å²) in [6.45, 7) is 2.78. The molecule has 0 bridgehead atoms. The van der Waals surface area contributed by atoms with Gasteiger partial charge in [-0.25, -0.2) is 0 Å². The van der Waals surface area contributed by atoms with Crippen molar-refractivity contribution < 1.29 is 5.11 Å². The third-order valence-electron chi connectivity index (χ3n) is 3.35. The van der Waals surface area contributed by atoms with Crippen molar-refractivity contribution in [2.45, 2.75) is 37.7 Å². The van der Waals surface area contributed by atoms with Crippen LogP contribution in [-0.4, -0.2) is 35.2 Å². The fraction of sp³-hybridized carbons (Fsp3) is 0.909. The number of unbranched alkanes of at least 4 members (excludes halogenated alkanes) is 2. The molecule has 0 aromatic rings. The number of likely N-dealkylation sites (tertiary alicyclic amines) is 1. The second-order valence-electron chi connectivity index (χ2n) is 4.70. The van der Waals surface area contributed by atoms with Crippen LogP contribution in [-0.2, 0) is 0 Å². The average molecular weight is 194 g/mol. The molecule has 2 rings (SSSR count). The number of aliphatic hydroxyl groups is 1. The summed E-state index contributed by atoms with van der Waals surface area (Å²) in [7, 11) is 0. The van der Waals surface area contributed by atoms with E-state index in [9.17, 15) is 5.11 Å². The van der Waals surface area contributed by atoms with E-state index in [1.807, 2.05) is 0 Å². The van der Waals surface area contributed by atoms with Gasteiger partial charge in [-0.3, -0.25) is 4.90 Å². The van der Waals surface area contributed by atoms with E-state index in [0.29, 0.717) is 12.3 Å². The van der Waals surface area contributed by atoms with E-state index in [1.54, 1.807) is 0 Å². The molecule has 0 spiro atoms. The van der Waals surface area contributed by atoms with Gasteiger partial charge in [-0.1, -0.05) is 0 Å². The van der Waals surface area contributed by atoms with Crippen molar-refractivity contribution in [3.63, 3.8) is 0 Å². The van der Waals surface area contributed by atoms with Crippen LogP contribution in [0.5, 0.6) is 0 Å². The molecule has 1 N–H and O–H groups in total. The maximum Gasteiger partial charge on any atom is 0.0928 e. The highest BCUT2D eigenvalue weighted by molar-refractivity contribution is 5.05. The number of β-amino-alcohol motifs (C(OH)–C–C–N with tert-alkyl or cyclic N) is 1. The molecule has 3 heteroatoms. The third kappa shape index (κ3) is 2.08. The van der Waals surface area contributed by atoms with Crippen molar-refractivity contribution in [2.24, 2.45) is 5.92 Å². The molecule has 0 atom stereocenters. The van der Waals surface area contributed by atoms with Gasteiger partial charge in [0.25, 0.3) is 0 Å². The van der Waals surface area contributed by atoms with Gasteiger partial charge >= 0.3 is 0 Å². The number of nitrogens with zero attached hydrogens (tertiary/aromatic N) is 2. The predicted molar refractivity (Wildman–Crippen MR) is 53.6 cm³/mol. The Bertz CT molecular complexity index is 236. The molecule has 1 aliphatic heterocycles. The van der Waals surface area contributed by atoms with E-state index < -0.39 is 0 Å². The van der Waals surface area contributed by atoms with Crippen LogP contribution in [0.15, 0.2) is 0 Å². The standard InChI is InChI=1S/C11H18N2O/c12-6-2-1-3-7-13-8-11(14,9-13)10-4-5-10/h10,14H,1-5,7-9H2. The van der Waals surface area contributed by atoms with Gasteiger partial charge in [0.05, 0.1) is 11.7 Å². The average Bonchev–Trinajstić information content (AvgIpc) is 2.91. The number of nitriles is 1. The van der Waals surface area contributed by atoms with Crippen molar-refractivity contribution in [2.75, 3.05) is 19.6 Å². The van der Waals surface area contributed by atoms with Crippen LogP contribution >= 0.6 is 0 Å². The van der Waals surface area contributed by atoms with Gasteiger partial charge in [-0.2, -0.15) is 5.26 Å².